The number of fused-ring (bicyclic) bond motifs is 1. The number of H-pyrrole nitrogens is 1. The molecule has 1 aromatic heterocycles. The Morgan fingerprint density at radius 1 is 1.17 bits per heavy atom. The van der Waals surface area contributed by atoms with Crippen molar-refractivity contribution in [2.45, 2.75) is 0 Å². The molecule has 1 aliphatic heterocycles. The molecule has 0 saturated carbocycles. The number of aromatic nitrogens is 1. The third kappa shape index (κ3) is 2.40. The summed E-state index contributed by atoms with van der Waals surface area (Å²) in [4.78, 5) is 5.64. The predicted molar refractivity (Wildman–Crippen MR) is 74.5 cm³/mol. The second-order valence-electron chi connectivity index (χ2n) is 4.58. The van der Waals surface area contributed by atoms with E-state index >= 15 is 0 Å². The maximum atomic E-state index is 3.35. The number of hydrogen-bond donors (Lipinski definition) is 2. The molecule has 3 heteroatoms. The molecule has 0 spiro atoms. The first-order chi connectivity index (χ1) is 8.93. The van der Waals surface area contributed by atoms with Gasteiger partial charge >= 0.3 is 0 Å². The van der Waals surface area contributed by atoms with E-state index in [0.717, 1.165) is 43.8 Å². The Bertz CT molecular complexity index is 582. The van der Waals surface area contributed by atoms with Gasteiger partial charge in [0, 0.05) is 48.8 Å². The van der Waals surface area contributed by atoms with E-state index in [9.17, 15) is 0 Å². The molecule has 3 rings (SSSR count). The van der Waals surface area contributed by atoms with Gasteiger partial charge in [-0.15, -0.1) is 0 Å². The zero-order valence-corrected chi connectivity index (χ0v) is 10.4. The Hall–Kier alpha value is -1.76. The highest BCUT2D eigenvalue weighted by Crippen LogP contribution is 2.16. The largest absolute Gasteiger partial charge is 0.360 e. The molecule has 0 aliphatic carbocycles. The van der Waals surface area contributed by atoms with E-state index < -0.39 is 0 Å². The molecular weight excluding hydrogens is 222 g/mol. The van der Waals surface area contributed by atoms with Gasteiger partial charge in [-0.1, -0.05) is 30.0 Å². The fraction of sp³-hybridized carbons (Fsp3) is 0.333. The number of piperazine rings is 1. The highest BCUT2D eigenvalue weighted by atomic mass is 15.2. The Morgan fingerprint density at radius 3 is 2.89 bits per heavy atom. The zero-order valence-electron chi connectivity index (χ0n) is 10.4. The molecule has 92 valence electrons. The van der Waals surface area contributed by atoms with Crippen molar-refractivity contribution < 1.29 is 0 Å². The number of nitrogens with one attached hydrogen (secondary N) is 2. The fourth-order valence-corrected chi connectivity index (χ4v) is 2.29. The normalized spacial score (nSPS) is 16.4. The lowest BCUT2D eigenvalue weighted by atomic mass is 10.2. The quantitative estimate of drug-likeness (QED) is 0.738. The van der Waals surface area contributed by atoms with E-state index in [1.165, 1.54) is 5.39 Å². The minimum atomic E-state index is 0.862. The van der Waals surface area contributed by atoms with E-state index in [1.807, 2.05) is 12.3 Å². The number of para-hydroxylation sites is 1. The standard InChI is InChI=1S/C15H17N3/c1-2-6-15-14(5-1)13(12-17-15)4-3-9-18-10-7-16-8-11-18/h1-2,5-6,12,16-17H,7-11H2. The van der Waals surface area contributed by atoms with Gasteiger partial charge < -0.3 is 10.3 Å². The summed E-state index contributed by atoms with van der Waals surface area (Å²) in [6.45, 7) is 5.22. The Morgan fingerprint density at radius 2 is 2.00 bits per heavy atom. The summed E-state index contributed by atoms with van der Waals surface area (Å²) in [6, 6.07) is 8.28. The molecule has 1 aromatic carbocycles. The predicted octanol–water partition coefficient (Wildman–Crippen LogP) is 1.42. The van der Waals surface area contributed by atoms with Crippen molar-refractivity contribution in [1.82, 2.24) is 15.2 Å². The molecule has 2 aromatic rings. The average molecular weight is 239 g/mol. The van der Waals surface area contributed by atoms with Gasteiger partial charge in [0.25, 0.3) is 0 Å². The second-order valence-corrected chi connectivity index (χ2v) is 4.58. The lowest BCUT2D eigenvalue weighted by Gasteiger charge is -2.24. The van der Waals surface area contributed by atoms with Gasteiger partial charge in [-0.2, -0.15) is 0 Å². The van der Waals surface area contributed by atoms with Gasteiger partial charge in [-0.25, -0.2) is 0 Å². The van der Waals surface area contributed by atoms with Crippen molar-refractivity contribution in [1.29, 1.82) is 0 Å². The SMILES string of the molecule is C(#Cc1c[nH]c2ccccc12)CN1CCNCC1. The average Bonchev–Trinajstić information content (AvgIpc) is 2.84. The Labute approximate surface area is 107 Å². The molecule has 2 N–H and O–H groups in total. The van der Waals surface area contributed by atoms with Gasteiger partial charge in [0.15, 0.2) is 0 Å². The number of hydrogen-bond acceptors (Lipinski definition) is 2. The van der Waals surface area contributed by atoms with Crippen LogP contribution in [0.5, 0.6) is 0 Å². The van der Waals surface area contributed by atoms with E-state index in [4.69, 9.17) is 0 Å². The highest BCUT2D eigenvalue weighted by molar-refractivity contribution is 5.85. The second kappa shape index (κ2) is 5.26. The van der Waals surface area contributed by atoms with Crippen LogP contribution >= 0.6 is 0 Å². The van der Waals surface area contributed by atoms with Crippen LogP contribution in [-0.4, -0.2) is 42.6 Å². The highest BCUT2D eigenvalue weighted by Gasteiger charge is 2.06. The number of rotatable bonds is 1. The van der Waals surface area contributed by atoms with E-state index in [1.54, 1.807) is 0 Å². The van der Waals surface area contributed by atoms with Gasteiger partial charge in [0.2, 0.25) is 0 Å². The molecule has 0 atom stereocenters. The van der Waals surface area contributed by atoms with Gasteiger partial charge in [-0.05, 0) is 6.07 Å². The van der Waals surface area contributed by atoms with Crippen molar-refractivity contribution >= 4 is 10.9 Å². The van der Waals surface area contributed by atoms with Crippen LogP contribution in [0.1, 0.15) is 5.56 Å². The summed E-state index contributed by atoms with van der Waals surface area (Å²) in [5.41, 5.74) is 2.25. The van der Waals surface area contributed by atoms with Crippen molar-refractivity contribution in [2.75, 3.05) is 32.7 Å². The van der Waals surface area contributed by atoms with Crippen LogP contribution in [0, 0.1) is 11.8 Å². The van der Waals surface area contributed by atoms with Crippen LogP contribution in [-0.2, 0) is 0 Å². The molecule has 0 amide bonds. The lowest BCUT2D eigenvalue weighted by molar-refractivity contribution is 0.268. The van der Waals surface area contributed by atoms with Crippen LogP contribution in [0.2, 0.25) is 0 Å². The van der Waals surface area contributed by atoms with Crippen LogP contribution < -0.4 is 5.32 Å². The van der Waals surface area contributed by atoms with Crippen molar-refractivity contribution in [3.05, 3.63) is 36.0 Å². The number of aromatic amines is 1. The van der Waals surface area contributed by atoms with Gasteiger partial charge in [-0.3, -0.25) is 4.90 Å². The molecule has 0 radical (unpaired) electrons. The summed E-state index contributed by atoms with van der Waals surface area (Å²) < 4.78 is 0. The van der Waals surface area contributed by atoms with E-state index in [2.05, 4.69) is 45.2 Å². The van der Waals surface area contributed by atoms with Crippen LogP contribution in [0.4, 0.5) is 0 Å². The topological polar surface area (TPSA) is 31.1 Å². The molecule has 0 bridgehead atoms. The summed E-state index contributed by atoms with van der Waals surface area (Å²) >= 11 is 0. The summed E-state index contributed by atoms with van der Waals surface area (Å²) in [5.74, 6) is 6.55. The molecular formula is C15H17N3. The maximum absolute atomic E-state index is 3.35. The third-order valence-electron chi connectivity index (χ3n) is 3.32. The van der Waals surface area contributed by atoms with Crippen LogP contribution in [0.25, 0.3) is 10.9 Å². The summed E-state index contributed by atoms with van der Waals surface area (Å²) in [7, 11) is 0. The first-order valence-corrected chi connectivity index (χ1v) is 6.41. The minimum absolute atomic E-state index is 0.862. The summed E-state index contributed by atoms with van der Waals surface area (Å²) in [6.07, 6.45) is 2.00. The molecule has 1 aliphatic rings. The van der Waals surface area contributed by atoms with Crippen LogP contribution in [0.3, 0.4) is 0 Å². The number of benzene rings is 1. The molecule has 2 heterocycles. The number of nitrogens with zero attached hydrogens (tertiary/aromatic N) is 1. The fourth-order valence-electron chi connectivity index (χ4n) is 2.29. The van der Waals surface area contributed by atoms with Gasteiger partial charge in [0.05, 0.1) is 6.54 Å². The molecule has 18 heavy (non-hydrogen) atoms. The smallest absolute Gasteiger partial charge is 0.0606 e. The van der Waals surface area contributed by atoms with Gasteiger partial charge in [0.1, 0.15) is 0 Å². The van der Waals surface area contributed by atoms with Crippen molar-refractivity contribution in [2.24, 2.45) is 0 Å². The monoisotopic (exact) mass is 239 g/mol. The van der Waals surface area contributed by atoms with Crippen LogP contribution in [0.15, 0.2) is 30.5 Å². The maximum Gasteiger partial charge on any atom is 0.0606 e. The van der Waals surface area contributed by atoms with Crippen molar-refractivity contribution in [3.63, 3.8) is 0 Å². The Balaban J connectivity index is 1.72. The molecule has 0 unspecified atom stereocenters. The third-order valence-corrected chi connectivity index (χ3v) is 3.32. The molecule has 3 nitrogen and oxygen atoms in total. The lowest BCUT2D eigenvalue weighted by Crippen LogP contribution is -2.43. The van der Waals surface area contributed by atoms with E-state index in [-0.39, 0.29) is 0 Å². The minimum Gasteiger partial charge on any atom is -0.360 e. The molecule has 1 fully saturated rings. The first-order valence-electron chi connectivity index (χ1n) is 6.41. The summed E-state index contributed by atoms with van der Waals surface area (Å²) in [5, 5.41) is 4.56. The molecule has 1 saturated heterocycles. The zero-order chi connectivity index (χ0) is 12.2. The van der Waals surface area contributed by atoms with Crippen molar-refractivity contribution in [3.8, 4) is 11.8 Å². The van der Waals surface area contributed by atoms with E-state index in [0.29, 0.717) is 0 Å². The Kier molecular flexibility index (Phi) is 3.31. The first kappa shape index (κ1) is 11.3.